The molecule has 54 valence electrons. The molecule has 0 heterocycles. The zero-order valence-corrected chi connectivity index (χ0v) is 7.55. The monoisotopic (exact) mass is 164 g/mol. The van der Waals surface area contributed by atoms with Crippen LogP contribution >= 0.6 is 23.9 Å². The molecule has 9 heavy (non-hydrogen) atoms. The first kappa shape index (κ1) is 9.33. The molecule has 0 aromatic heterocycles. The van der Waals surface area contributed by atoms with Gasteiger partial charge in [-0.1, -0.05) is 11.9 Å². The lowest BCUT2D eigenvalue weighted by molar-refractivity contribution is 0.918. The highest BCUT2D eigenvalue weighted by Crippen LogP contribution is 1.93. The van der Waals surface area contributed by atoms with Crippen molar-refractivity contribution in [2.24, 2.45) is 4.40 Å². The predicted octanol–water partition coefficient (Wildman–Crippen LogP) is 1.59. The highest BCUT2D eigenvalue weighted by Gasteiger charge is 1.91. The van der Waals surface area contributed by atoms with Gasteiger partial charge in [-0.2, -0.15) is 0 Å². The number of rotatable bonds is 4. The van der Waals surface area contributed by atoms with Gasteiger partial charge in [0, 0.05) is 12.5 Å². The molecule has 4 heteroatoms. The van der Waals surface area contributed by atoms with Crippen LogP contribution in [0.3, 0.4) is 0 Å². The van der Waals surface area contributed by atoms with Gasteiger partial charge >= 0.3 is 0 Å². The van der Waals surface area contributed by atoms with Crippen molar-refractivity contribution in [3.63, 3.8) is 0 Å². The number of nitrogens with one attached hydrogen (secondary N) is 1. The topological polar surface area (TPSA) is 24.4 Å². The maximum atomic E-state index is 4.01. The average molecular weight is 164 g/mol. The van der Waals surface area contributed by atoms with E-state index in [1.807, 2.05) is 18.7 Å². The molecule has 0 radical (unpaired) electrons. The van der Waals surface area contributed by atoms with Crippen LogP contribution in [0.15, 0.2) is 4.40 Å². The summed E-state index contributed by atoms with van der Waals surface area (Å²) in [6.07, 6.45) is 5.84. The van der Waals surface area contributed by atoms with Crippen molar-refractivity contribution in [2.45, 2.75) is 13.0 Å². The van der Waals surface area contributed by atoms with Gasteiger partial charge in [0.25, 0.3) is 0 Å². The van der Waals surface area contributed by atoms with Crippen molar-refractivity contribution in [2.75, 3.05) is 12.5 Å². The molecule has 0 rings (SSSR count). The Hall–Kier alpha value is 0.330. The van der Waals surface area contributed by atoms with Crippen LogP contribution in [0.2, 0.25) is 0 Å². The molecule has 2 nitrogen and oxygen atoms in total. The molecular formula is C5H12N2S2. The Kier molecular flexibility index (Phi) is 6.69. The Balaban J connectivity index is 3.25. The molecule has 0 fully saturated rings. The molecule has 0 aliphatic rings. The molecule has 1 atom stereocenters. The summed E-state index contributed by atoms with van der Waals surface area (Å²) in [6.45, 7) is 2.07. The minimum absolute atomic E-state index is 0.368. The van der Waals surface area contributed by atoms with Crippen LogP contribution < -0.4 is 4.72 Å². The maximum Gasteiger partial charge on any atom is 0.0502 e. The van der Waals surface area contributed by atoms with Crippen LogP contribution in [-0.2, 0) is 0 Å². The second-order valence-corrected chi connectivity index (χ2v) is 2.77. The molecule has 0 spiro atoms. The maximum absolute atomic E-state index is 4.01. The average Bonchev–Trinajstić information content (AvgIpc) is 1.85. The zero-order chi connectivity index (χ0) is 7.11. The Labute approximate surface area is 65.2 Å². The molecule has 0 saturated carbocycles. The van der Waals surface area contributed by atoms with Gasteiger partial charge in [-0.25, -0.2) is 4.40 Å². The van der Waals surface area contributed by atoms with Gasteiger partial charge in [-0.15, -0.1) is 0 Å². The van der Waals surface area contributed by atoms with Crippen LogP contribution in [-0.4, -0.2) is 24.8 Å². The Morgan fingerprint density at radius 2 is 2.22 bits per heavy atom. The number of hydrogen-bond acceptors (Lipinski definition) is 4. The Morgan fingerprint density at radius 1 is 1.56 bits per heavy atom. The SMILES string of the molecule is CSN=CC(C)NSC. The second-order valence-electron chi connectivity index (χ2n) is 1.55. The summed E-state index contributed by atoms with van der Waals surface area (Å²) < 4.78 is 7.14. The minimum atomic E-state index is 0.368. The summed E-state index contributed by atoms with van der Waals surface area (Å²) in [5.74, 6) is 0. The summed E-state index contributed by atoms with van der Waals surface area (Å²) in [5, 5.41) is 0. The standard InChI is InChI=1S/C5H12N2S2/c1-5(7-9-3)4-6-8-2/h4-5,7H,1-3H3. The fraction of sp³-hybridized carbons (Fsp3) is 0.800. The number of nitrogens with zero attached hydrogens (tertiary/aromatic N) is 1. The molecular weight excluding hydrogens is 152 g/mol. The first-order chi connectivity index (χ1) is 4.31. The van der Waals surface area contributed by atoms with Crippen LogP contribution in [0.5, 0.6) is 0 Å². The molecule has 0 aromatic carbocycles. The van der Waals surface area contributed by atoms with Gasteiger partial charge in [0.2, 0.25) is 0 Å². The lowest BCUT2D eigenvalue weighted by Crippen LogP contribution is -2.19. The van der Waals surface area contributed by atoms with Crippen molar-refractivity contribution in [1.82, 2.24) is 4.72 Å². The fourth-order valence-electron chi connectivity index (χ4n) is 0.368. The third-order valence-corrected chi connectivity index (χ3v) is 1.63. The summed E-state index contributed by atoms with van der Waals surface area (Å²) in [6, 6.07) is 0.368. The molecule has 1 unspecified atom stereocenters. The zero-order valence-electron chi connectivity index (χ0n) is 5.92. The van der Waals surface area contributed by atoms with Crippen molar-refractivity contribution in [3.05, 3.63) is 0 Å². The summed E-state index contributed by atoms with van der Waals surface area (Å²) in [4.78, 5) is 0. The van der Waals surface area contributed by atoms with E-state index in [9.17, 15) is 0 Å². The lowest BCUT2D eigenvalue weighted by Gasteiger charge is -2.02. The van der Waals surface area contributed by atoms with E-state index >= 15 is 0 Å². The predicted molar refractivity (Wildman–Crippen MR) is 48.1 cm³/mol. The molecule has 0 bridgehead atoms. The normalized spacial score (nSPS) is 14.6. The first-order valence-corrected chi connectivity index (χ1v) is 5.07. The largest absolute Gasteiger partial charge is 0.256 e. The van der Waals surface area contributed by atoms with Crippen molar-refractivity contribution in [1.29, 1.82) is 0 Å². The lowest BCUT2D eigenvalue weighted by atomic mass is 10.4. The van der Waals surface area contributed by atoms with Gasteiger partial charge < -0.3 is 0 Å². The smallest absolute Gasteiger partial charge is 0.0502 e. The van der Waals surface area contributed by atoms with E-state index in [1.54, 1.807) is 11.9 Å². The van der Waals surface area contributed by atoms with E-state index in [2.05, 4.69) is 16.0 Å². The minimum Gasteiger partial charge on any atom is -0.256 e. The molecule has 0 aromatic rings. The van der Waals surface area contributed by atoms with Gasteiger partial charge in [0.15, 0.2) is 0 Å². The molecule has 1 N–H and O–H groups in total. The Bertz CT molecular complexity index is 85.0. The van der Waals surface area contributed by atoms with Crippen LogP contribution in [0.25, 0.3) is 0 Å². The van der Waals surface area contributed by atoms with Crippen LogP contribution in [0, 0.1) is 0 Å². The summed E-state index contributed by atoms with van der Waals surface area (Å²) in [5.41, 5.74) is 0. The van der Waals surface area contributed by atoms with E-state index in [0.29, 0.717) is 6.04 Å². The van der Waals surface area contributed by atoms with Crippen LogP contribution in [0.4, 0.5) is 0 Å². The highest BCUT2D eigenvalue weighted by molar-refractivity contribution is 7.97. The summed E-state index contributed by atoms with van der Waals surface area (Å²) in [7, 11) is 0. The molecule has 0 amide bonds. The Morgan fingerprint density at radius 3 is 2.67 bits per heavy atom. The molecule has 0 aliphatic heterocycles. The van der Waals surface area contributed by atoms with Gasteiger partial charge in [-0.05, 0) is 25.1 Å². The second kappa shape index (κ2) is 6.45. The van der Waals surface area contributed by atoms with Gasteiger partial charge in [0.1, 0.15) is 0 Å². The van der Waals surface area contributed by atoms with E-state index in [4.69, 9.17) is 0 Å². The van der Waals surface area contributed by atoms with E-state index < -0.39 is 0 Å². The quantitative estimate of drug-likeness (QED) is 0.504. The van der Waals surface area contributed by atoms with E-state index in [-0.39, 0.29) is 0 Å². The van der Waals surface area contributed by atoms with Crippen molar-refractivity contribution in [3.8, 4) is 0 Å². The number of hydrogen-bond donors (Lipinski definition) is 1. The third-order valence-electron chi connectivity index (χ3n) is 0.694. The van der Waals surface area contributed by atoms with Crippen molar-refractivity contribution >= 4 is 30.1 Å². The van der Waals surface area contributed by atoms with E-state index in [1.165, 1.54) is 11.9 Å². The van der Waals surface area contributed by atoms with Crippen molar-refractivity contribution < 1.29 is 0 Å². The highest BCUT2D eigenvalue weighted by atomic mass is 32.2. The van der Waals surface area contributed by atoms with E-state index in [0.717, 1.165) is 0 Å². The molecule has 0 aliphatic carbocycles. The fourth-order valence-corrected chi connectivity index (χ4v) is 1.11. The van der Waals surface area contributed by atoms with Gasteiger partial charge in [-0.3, -0.25) is 4.72 Å². The van der Waals surface area contributed by atoms with Crippen LogP contribution in [0.1, 0.15) is 6.92 Å². The third kappa shape index (κ3) is 6.21. The first-order valence-electron chi connectivity index (χ1n) is 2.66. The molecule has 0 saturated heterocycles. The summed E-state index contributed by atoms with van der Waals surface area (Å²) >= 11 is 3.09. The van der Waals surface area contributed by atoms with Gasteiger partial charge in [0.05, 0.1) is 6.04 Å².